The second kappa shape index (κ2) is 5.05. The zero-order valence-electron chi connectivity index (χ0n) is 12.8. The summed E-state index contributed by atoms with van der Waals surface area (Å²) in [4.78, 5) is 27.3. The molecule has 0 saturated heterocycles. The molecule has 1 aromatic rings. The average molecular weight is 298 g/mol. The molecule has 0 aliphatic carbocycles. The molecule has 0 unspecified atom stereocenters. The number of hydrogen-bond donors (Lipinski definition) is 0. The first-order valence-electron chi connectivity index (χ1n) is 6.35. The van der Waals surface area contributed by atoms with Gasteiger partial charge >= 0.3 is 5.69 Å². The minimum atomic E-state index is -1.63. The lowest BCUT2D eigenvalue weighted by atomic mass is 10.5. The maximum absolute atomic E-state index is 11.9. The van der Waals surface area contributed by atoms with Gasteiger partial charge in [0.2, 0.25) is 5.91 Å². The number of hydrogen-bond acceptors (Lipinski definition) is 4. The fourth-order valence-electron chi connectivity index (χ4n) is 2.45. The maximum atomic E-state index is 11.9. The number of aromatic nitrogens is 2. The number of rotatable bonds is 3. The van der Waals surface area contributed by atoms with Crippen LogP contribution in [0.1, 0.15) is 11.7 Å². The fourth-order valence-corrected chi connectivity index (χ4v) is 12.1. The lowest BCUT2D eigenvalue weighted by Crippen LogP contribution is -2.60. The van der Waals surface area contributed by atoms with E-state index in [1.165, 1.54) is 13.1 Å². The lowest BCUT2D eigenvalue weighted by Gasteiger charge is -2.44. The molecule has 7 heteroatoms. The Hall–Kier alpha value is -1.22. The molecule has 0 saturated carbocycles. The van der Waals surface area contributed by atoms with Crippen molar-refractivity contribution < 1.29 is 4.79 Å². The molecular weight excluding hydrogens is 274 g/mol. The summed E-state index contributed by atoms with van der Waals surface area (Å²) >= 11 is 0. The van der Waals surface area contributed by atoms with Crippen molar-refractivity contribution in [2.45, 2.75) is 46.2 Å². The van der Waals surface area contributed by atoms with Crippen LogP contribution in [0.25, 0.3) is 0 Å². The van der Waals surface area contributed by atoms with Gasteiger partial charge in [0, 0.05) is 13.1 Å². The second-order valence-corrected chi connectivity index (χ2v) is 16.7. The maximum Gasteiger partial charge on any atom is 0.356 e. The van der Waals surface area contributed by atoms with Crippen molar-refractivity contribution in [2.24, 2.45) is 0 Å². The minimum Gasteiger partial charge on any atom is -0.409 e. The summed E-state index contributed by atoms with van der Waals surface area (Å²) in [5, 5.41) is 0. The number of anilines is 1. The van der Waals surface area contributed by atoms with Crippen LogP contribution in [-0.2, 0) is 0 Å². The minimum absolute atomic E-state index is 0.309. The Morgan fingerprint density at radius 3 is 1.95 bits per heavy atom. The monoisotopic (exact) mass is 297 g/mol. The Kier molecular flexibility index (Phi) is 4.21. The normalized spacial score (nSPS) is 12.4. The van der Waals surface area contributed by atoms with Crippen molar-refractivity contribution in [3.05, 3.63) is 22.7 Å². The third-order valence-electron chi connectivity index (χ3n) is 2.70. The van der Waals surface area contributed by atoms with Gasteiger partial charge in [-0.1, -0.05) is 39.3 Å². The molecule has 0 bridgehead atoms. The summed E-state index contributed by atoms with van der Waals surface area (Å²) in [6.45, 7) is 14.8. The van der Waals surface area contributed by atoms with Gasteiger partial charge in [-0.3, -0.25) is 4.79 Å². The van der Waals surface area contributed by atoms with Crippen LogP contribution in [0.15, 0.2) is 17.1 Å². The van der Waals surface area contributed by atoms with Crippen LogP contribution >= 0.6 is 0 Å². The number of nitrogens with zero attached hydrogens (tertiary/aromatic N) is 3. The summed E-state index contributed by atoms with van der Waals surface area (Å²) < 4.78 is 3.39. The quantitative estimate of drug-likeness (QED) is 0.804. The van der Waals surface area contributed by atoms with Gasteiger partial charge < -0.3 is 4.23 Å². The molecule has 0 aromatic carbocycles. The van der Waals surface area contributed by atoms with Crippen molar-refractivity contribution in [1.82, 2.24) is 9.55 Å². The van der Waals surface area contributed by atoms with Crippen LogP contribution in [0.4, 0.5) is 5.82 Å². The van der Waals surface area contributed by atoms with Crippen LogP contribution in [-0.4, -0.2) is 31.9 Å². The zero-order chi connectivity index (χ0) is 15.0. The predicted molar refractivity (Wildman–Crippen MR) is 84.0 cm³/mol. The highest BCUT2D eigenvalue weighted by atomic mass is 28.4. The molecule has 0 aliphatic rings. The third kappa shape index (κ3) is 3.63. The van der Waals surface area contributed by atoms with E-state index in [1.54, 1.807) is 6.07 Å². The van der Waals surface area contributed by atoms with Crippen molar-refractivity contribution in [3.8, 4) is 0 Å². The second-order valence-electron chi connectivity index (χ2n) is 6.63. The van der Waals surface area contributed by atoms with E-state index < -0.39 is 22.2 Å². The SMILES string of the molecule is CC(=O)n1ccc(N([Si](C)(C)C)[Si](C)(C)C)nc1=O. The van der Waals surface area contributed by atoms with E-state index in [-0.39, 0.29) is 5.91 Å². The van der Waals surface area contributed by atoms with Crippen molar-refractivity contribution in [2.75, 3.05) is 4.23 Å². The smallest absolute Gasteiger partial charge is 0.356 e. The molecule has 1 heterocycles. The Morgan fingerprint density at radius 1 is 1.16 bits per heavy atom. The van der Waals surface area contributed by atoms with Crippen LogP contribution in [0, 0.1) is 0 Å². The Bertz CT molecular complexity index is 527. The first-order chi connectivity index (χ1) is 8.44. The first-order valence-corrected chi connectivity index (χ1v) is 13.2. The summed E-state index contributed by atoms with van der Waals surface area (Å²) in [7, 11) is -3.26. The molecular formula is C12H23N3O2Si2. The molecule has 0 N–H and O–H groups in total. The molecule has 19 heavy (non-hydrogen) atoms. The van der Waals surface area contributed by atoms with E-state index in [2.05, 4.69) is 48.5 Å². The third-order valence-corrected chi connectivity index (χ3v) is 9.87. The molecule has 0 spiro atoms. The van der Waals surface area contributed by atoms with E-state index in [1.807, 2.05) is 0 Å². The number of carbonyl (C=O) groups excluding carboxylic acids is 1. The van der Waals surface area contributed by atoms with Gasteiger partial charge in [-0.15, -0.1) is 0 Å². The largest absolute Gasteiger partial charge is 0.409 e. The van der Waals surface area contributed by atoms with Gasteiger partial charge in [-0.25, -0.2) is 9.36 Å². The van der Waals surface area contributed by atoms with Crippen LogP contribution in [0.5, 0.6) is 0 Å². The molecule has 1 aromatic heterocycles. The molecule has 5 nitrogen and oxygen atoms in total. The van der Waals surface area contributed by atoms with Gasteiger partial charge in [0.1, 0.15) is 22.3 Å². The lowest BCUT2D eigenvalue weighted by molar-refractivity contribution is 0.0930. The Labute approximate surface area is 116 Å². The fraction of sp³-hybridized carbons (Fsp3) is 0.583. The summed E-state index contributed by atoms with van der Waals surface area (Å²) in [5.74, 6) is 0.400. The van der Waals surface area contributed by atoms with Gasteiger partial charge in [0.05, 0.1) is 0 Å². The van der Waals surface area contributed by atoms with E-state index in [0.717, 1.165) is 4.57 Å². The summed E-state index contributed by atoms with van der Waals surface area (Å²) in [5.41, 5.74) is -0.494. The molecule has 1 rings (SSSR count). The standard InChI is InChI=1S/C12H23N3O2Si2/c1-10(16)14-9-8-11(13-12(14)17)15(18(2,3)4)19(5,6)7/h8-9H,1-7H3. The zero-order valence-corrected chi connectivity index (χ0v) is 14.8. The number of carbonyl (C=O) groups is 1. The Morgan fingerprint density at radius 2 is 1.63 bits per heavy atom. The van der Waals surface area contributed by atoms with E-state index >= 15 is 0 Å². The Balaban J connectivity index is 3.39. The summed E-state index contributed by atoms with van der Waals surface area (Å²) in [6.07, 6.45) is 1.53. The van der Waals surface area contributed by atoms with E-state index in [0.29, 0.717) is 5.82 Å². The van der Waals surface area contributed by atoms with Crippen molar-refractivity contribution in [1.29, 1.82) is 0 Å². The van der Waals surface area contributed by atoms with Crippen molar-refractivity contribution in [3.63, 3.8) is 0 Å². The highest BCUT2D eigenvalue weighted by Gasteiger charge is 2.35. The van der Waals surface area contributed by atoms with Crippen LogP contribution in [0.3, 0.4) is 0 Å². The molecule has 0 atom stereocenters. The predicted octanol–water partition coefficient (Wildman–Crippen LogP) is 2.38. The average Bonchev–Trinajstić information content (AvgIpc) is 2.11. The van der Waals surface area contributed by atoms with Crippen LogP contribution < -0.4 is 9.92 Å². The van der Waals surface area contributed by atoms with Gasteiger partial charge in [0.25, 0.3) is 0 Å². The highest BCUT2D eigenvalue weighted by molar-refractivity contribution is 6.99. The van der Waals surface area contributed by atoms with E-state index in [9.17, 15) is 9.59 Å². The highest BCUT2D eigenvalue weighted by Crippen LogP contribution is 2.25. The molecule has 0 fully saturated rings. The summed E-state index contributed by atoms with van der Waals surface area (Å²) in [6, 6.07) is 1.78. The molecule has 106 valence electrons. The van der Waals surface area contributed by atoms with Crippen molar-refractivity contribution >= 4 is 28.2 Å². The van der Waals surface area contributed by atoms with Gasteiger partial charge in [-0.05, 0) is 6.07 Å². The molecule has 0 amide bonds. The molecule has 0 radical (unpaired) electrons. The first kappa shape index (κ1) is 15.8. The van der Waals surface area contributed by atoms with Gasteiger partial charge in [0.15, 0.2) is 0 Å². The molecule has 0 aliphatic heterocycles. The topological polar surface area (TPSA) is 55.2 Å². The van der Waals surface area contributed by atoms with E-state index in [4.69, 9.17) is 0 Å². The van der Waals surface area contributed by atoms with Crippen LogP contribution in [0.2, 0.25) is 39.3 Å². The van der Waals surface area contributed by atoms with Gasteiger partial charge in [-0.2, -0.15) is 4.98 Å².